The molecular formula is C15H18NNaO2. The largest absolute Gasteiger partial charge is 1.00 e. The molecule has 0 atom stereocenters. The third-order valence-electron chi connectivity index (χ3n) is 3.65. The summed E-state index contributed by atoms with van der Waals surface area (Å²) < 4.78 is 0. The maximum atomic E-state index is 12.2. The fraction of sp³-hybridized carbons (Fsp3) is 0.400. The monoisotopic (exact) mass is 267 g/mol. The first-order chi connectivity index (χ1) is 8.55. The van der Waals surface area contributed by atoms with Gasteiger partial charge in [0.15, 0.2) is 5.78 Å². The van der Waals surface area contributed by atoms with Gasteiger partial charge in [-0.15, -0.1) is 6.26 Å². The number of benzene rings is 1. The first kappa shape index (κ1) is 16.4. The van der Waals surface area contributed by atoms with Crippen LogP contribution < -0.4 is 34.7 Å². The van der Waals surface area contributed by atoms with Crippen LogP contribution in [-0.4, -0.2) is 22.8 Å². The van der Waals surface area contributed by atoms with Gasteiger partial charge in [-0.2, -0.15) is 0 Å². The molecule has 3 nitrogen and oxygen atoms in total. The Morgan fingerprint density at radius 2 is 1.95 bits per heavy atom. The molecule has 0 unspecified atom stereocenters. The fourth-order valence-corrected chi connectivity index (χ4v) is 2.38. The number of carbonyl (C=O) groups is 1. The molecule has 1 saturated heterocycles. The van der Waals surface area contributed by atoms with Crippen LogP contribution in [0.25, 0.3) is 0 Å². The SMILES string of the molecule is CC1(C)C(=O)/C(=C\[O-])CCN1Cc1ccccc1.[Na+]. The van der Waals surface area contributed by atoms with Gasteiger partial charge in [0.2, 0.25) is 0 Å². The maximum Gasteiger partial charge on any atom is 1.00 e. The Kier molecular flexibility index (Phi) is 5.81. The summed E-state index contributed by atoms with van der Waals surface area (Å²) >= 11 is 0. The van der Waals surface area contributed by atoms with E-state index in [0.717, 1.165) is 13.1 Å². The van der Waals surface area contributed by atoms with E-state index in [0.29, 0.717) is 18.3 Å². The van der Waals surface area contributed by atoms with Crippen molar-refractivity contribution in [2.75, 3.05) is 6.54 Å². The number of Topliss-reactive ketones (excluding diaryl/α,β-unsaturated/α-hetero) is 1. The minimum Gasteiger partial charge on any atom is -0.878 e. The van der Waals surface area contributed by atoms with E-state index in [1.54, 1.807) is 0 Å². The molecule has 0 radical (unpaired) electrons. The zero-order valence-corrected chi connectivity index (χ0v) is 13.8. The van der Waals surface area contributed by atoms with E-state index in [2.05, 4.69) is 17.0 Å². The standard InChI is InChI=1S/C15H19NO2.Na/c1-15(2)14(18)13(11-17)8-9-16(15)10-12-6-4-3-5-7-12;/h3-7,11,17H,8-10H2,1-2H3;/q;+1/p-1/b13-11-;. The number of likely N-dealkylation sites (tertiary alicyclic amines) is 1. The average Bonchev–Trinajstić information content (AvgIpc) is 2.37. The molecule has 19 heavy (non-hydrogen) atoms. The van der Waals surface area contributed by atoms with Crippen LogP contribution in [0.5, 0.6) is 0 Å². The number of nitrogens with zero attached hydrogens (tertiary/aromatic N) is 1. The van der Waals surface area contributed by atoms with Crippen molar-refractivity contribution in [3.05, 3.63) is 47.7 Å². The van der Waals surface area contributed by atoms with Gasteiger partial charge in [0.1, 0.15) is 0 Å². The number of hydrogen-bond acceptors (Lipinski definition) is 3. The van der Waals surface area contributed by atoms with Crippen molar-refractivity contribution in [1.29, 1.82) is 0 Å². The quantitative estimate of drug-likeness (QED) is 0.372. The van der Waals surface area contributed by atoms with Crippen molar-refractivity contribution in [1.82, 2.24) is 4.90 Å². The van der Waals surface area contributed by atoms with Crippen molar-refractivity contribution in [3.8, 4) is 0 Å². The minimum absolute atomic E-state index is 0. The molecule has 1 aliphatic rings. The second-order valence-electron chi connectivity index (χ2n) is 5.19. The van der Waals surface area contributed by atoms with Crippen LogP contribution in [-0.2, 0) is 11.3 Å². The number of hydrogen-bond donors (Lipinski definition) is 0. The summed E-state index contributed by atoms with van der Waals surface area (Å²) in [4.78, 5) is 14.3. The topological polar surface area (TPSA) is 43.4 Å². The molecule has 2 rings (SSSR count). The van der Waals surface area contributed by atoms with Gasteiger partial charge < -0.3 is 5.11 Å². The Morgan fingerprint density at radius 1 is 1.32 bits per heavy atom. The second-order valence-corrected chi connectivity index (χ2v) is 5.19. The summed E-state index contributed by atoms with van der Waals surface area (Å²) in [6, 6.07) is 10.1. The Bertz CT molecular complexity index is 468. The van der Waals surface area contributed by atoms with Crippen LogP contribution >= 0.6 is 0 Å². The van der Waals surface area contributed by atoms with Gasteiger partial charge in [-0.1, -0.05) is 30.3 Å². The van der Waals surface area contributed by atoms with Crippen LogP contribution in [0.1, 0.15) is 25.8 Å². The predicted octanol–water partition coefficient (Wildman–Crippen LogP) is -1.51. The summed E-state index contributed by atoms with van der Waals surface area (Å²) in [6.07, 6.45) is 1.27. The zero-order valence-electron chi connectivity index (χ0n) is 11.8. The van der Waals surface area contributed by atoms with Gasteiger partial charge in [-0.05, 0) is 31.4 Å². The Morgan fingerprint density at radius 3 is 2.53 bits per heavy atom. The third kappa shape index (κ3) is 3.48. The van der Waals surface area contributed by atoms with E-state index in [9.17, 15) is 9.90 Å². The molecule has 0 N–H and O–H groups in total. The van der Waals surface area contributed by atoms with E-state index in [4.69, 9.17) is 0 Å². The van der Waals surface area contributed by atoms with Crippen molar-refractivity contribution in [2.45, 2.75) is 32.4 Å². The maximum absolute atomic E-state index is 12.2. The molecule has 0 bridgehead atoms. The first-order valence-electron chi connectivity index (χ1n) is 6.20. The molecule has 1 fully saturated rings. The van der Waals surface area contributed by atoms with Crippen molar-refractivity contribution in [3.63, 3.8) is 0 Å². The number of piperidine rings is 1. The zero-order chi connectivity index (χ0) is 13.2. The molecular weight excluding hydrogens is 249 g/mol. The molecule has 1 aromatic rings. The molecule has 0 spiro atoms. The Labute approximate surface area is 136 Å². The van der Waals surface area contributed by atoms with Gasteiger partial charge in [0.25, 0.3) is 0 Å². The van der Waals surface area contributed by atoms with Gasteiger partial charge in [0.05, 0.1) is 5.54 Å². The number of rotatable bonds is 2. The van der Waals surface area contributed by atoms with Crippen LogP contribution in [0.3, 0.4) is 0 Å². The van der Waals surface area contributed by atoms with Crippen molar-refractivity contribution < 1.29 is 39.5 Å². The summed E-state index contributed by atoms with van der Waals surface area (Å²) in [7, 11) is 0. The Hall–Kier alpha value is -0.610. The molecule has 1 heterocycles. The molecule has 0 amide bonds. The average molecular weight is 267 g/mol. The Balaban J connectivity index is 0.00000180. The van der Waals surface area contributed by atoms with Crippen molar-refractivity contribution in [2.24, 2.45) is 0 Å². The fourth-order valence-electron chi connectivity index (χ4n) is 2.38. The summed E-state index contributed by atoms with van der Waals surface area (Å²) in [5.41, 5.74) is 1.02. The van der Waals surface area contributed by atoms with Gasteiger partial charge in [-0.25, -0.2) is 0 Å². The molecule has 0 aliphatic carbocycles. The van der Waals surface area contributed by atoms with E-state index in [1.165, 1.54) is 5.56 Å². The normalized spacial score (nSPS) is 21.2. The van der Waals surface area contributed by atoms with E-state index < -0.39 is 5.54 Å². The number of carbonyl (C=O) groups excluding carboxylic acids is 1. The van der Waals surface area contributed by atoms with E-state index >= 15 is 0 Å². The van der Waals surface area contributed by atoms with Gasteiger partial charge in [0, 0.05) is 13.1 Å². The minimum atomic E-state index is -0.593. The molecule has 1 aromatic carbocycles. The van der Waals surface area contributed by atoms with Crippen LogP contribution in [0.15, 0.2) is 42.2 Å². The van der Waals surface area contributed by atoms with Crippen LogP contribution in [0.4, 0.5) is 0 Å². The molecule has 4 heteroatoms. The first-order valence-corrected chi connectivity index (χ1v) is 6.20. The predicted molar refractivity (Wildman–Crippen MR) is 68.6 cm³/mol. The molecule has 0 aromatic heterocycles. The number of ketones is 1. The molecule has 96 valence electrons. The van der Waals surface area contributed by atoms with E-state index in [1.807, 2.05) is 32.0 Å². The van der Waals surface area contributed by atoms with Crippen LogP contribution in [0.2, 0.25) is 0 Å². The second kappa shape index (κ2) is 6.71. The summed E-state index contributed by atoms with van der Waals surface area (Å²) in [5, 5.41) is 10.8. The molecule has 1 aliphatic heterocycles. The van der Waals surface area contributed by atoms with Gasteiger partial charge >= 0.3 is 29.6 Å². The summed E-state index contributed by atoms with van der Waals surface area (Å²) in [6.45, 7) is 5.27. The van der Waals surface area contributed by atoms with Crippen LogP contribution in [0, 0.1) is 0 Å². The smallest absolute Gasteiger partial charge is 0.878 e. The third-order valence-corrected chi connectivity index (χ3v) is 3.65. The van der Waals surface area contributed by atoms with Crippen molar-refractivity contribution >= 4 is 5.78 Å². The van der Waals surface area contributed by atoms with Gasteiger partial charge in [-0.3, -0.25) is 9.69 Å². The van der Waals surface area contributed by atoms with E-state index in [-0.39, 0.29) is 35.3 Å². The molecule has 0 saturated carbocycles. The summed E-state index contributed by atoms with van der Waals surface area (Å²) in [5.74, 6) is -0.0420.